The number of aromatic nitrogens is 3. The molecule has 0 spiro atoms. The van der Waals surface area contributed by atoms with Crippen molar-refractivity contribution in [3.05, 3.63) is 42.2 Å². The zero-order valence-electron chi connectivity index (χ0n) is 13.6. The van der Waals surface area contributed by atoms with Gasteiger partial charge in [-0.1, -0.05) is 0 Å². The lowest BCUT2D eigenvalue weighted by molar-refractivity contribution is -0.119. The summed E-state index contributed by atoms with van der Waals surface area (Å²) in [6.07, 6.45) is 3.50. The molecule has 4 rings (SSSR count). The van der Waals surface area contributed by atoms with E-state index >= 15 is 0 Å². The highest BCUT2D eigenvalue weighted by molar-refractivity contribution is 6.07. The number of β-amino-alcohol motifs (C(OH)–C–C–N with tert-alkyl or cyclic N) is 1. The number of aryl methyl sites for hydroxylation is 1. The van der Waals surface area contributed by atoms with Gasteiger partial charge in [-0.15, -0.1) is 0 Å². The average molecular weight is 322 g/mol. The Kier molecular flexibility index (Phi) is 3.35. The van der Waals surface area contributed by atoms with Crippen LogP contribution in [0, 0.1) is 0 Å². The molecule has 6 nitrogen and oxygen atoms in total. The molecule has 1 atom stereocenters. The SMILES string of the molecule is CC1C(=O)N(CCO)c2cc3nc(-c4ccncc4)n(C)c3cc21. The summed E-state index contributed by atoms with van der Waals surface area (Å²) in [7, 11) is 1.98. The Bertz CT molecular complexity index is 933. The quantitative estimate of drug-likeness (QED) is 0.801. The van der Waals surface area contributed by atoms with Crippen molar-refractivity contribution < 1.29 is 9.90 Å². The monoisotopic (exact) mass is 322 g/mol. The lowest BCUT2D eigenvalue weighted by atomic mass is 10.0. The molecule has 1 N–H and O–H groups in total. The third-order valence-electron chi connectivity index (χ3n) is 4.69. The molecule has 1 aromatic carbocycles. The molecule has 1 aliphatic rings. The Morgan fingerprint density at radius 3 is 2.71 bits per heavy atom. The van der Waals surface area contributed by atoms with Crippen LogP contribution in [-0.2, 0) is 11.8 Å². The van der Waals surface area contributed by atoms with Gasteiger partial charge in [-0.25, -0.2) is 4.98 Å². The molecule has 0 saturated carbocycles. The van der Waals surface area contributed by atoms with Crippen molar-refractivity contribution in [3.8, 4) is 11.4 Å². The number of imidazole rings is 1. The Balaban J connectivity index is 1.91. The average Bonchev–Trinajstić information content (AvgIpc) is 3.05. The maximum atomic E-state index is 12.4. The van der Waals surface area contributed by atoms with Crippen LogP contribution in [0.15, 0.2) is 36.7 Å². The molecule has 1 unspecified atom stereocenters. The minimum absolute atomic E-state index is 0.0312. The van der Waals surface area contributed by atoms with E-state index in [2.05, 4.69) is 4.98 Å². The fourth-order valence-corrected chi connectivity index (χ4v) is 3.40. The van der Waals surface area contributed by atoms with Crippen LogP contribution in [0.3, 0.4) is 0 Å². The molecule has 122 valence electrons. The number of hydrogen-bond acceptors (Lipinski definition) is 4. The number of aliphatic hydroxyl groups is 1. The molecule has 0 fully saturated rings. The molecule has 0 bridgehead atoms. The Morgan fingerprint density at radius 2 is 2.00 bits per heavy atom. The smallest absolute Gasteiger partial charge is 0.234 e. The van der Waals surface area contributed by atoms with Crippen LogP contribution in [0.25, 0.3) is 22.4 Å². The third-order valence-corrected chi connectivity index (χ3v) is 4.69. The summed E-state index contributed by atoms with van der Waals surface area (Å²) in [4.78, 5) is 22.8. The Hall–Kier alpha value is -2.73. The van der Waals surface area contributed by atoms with Gasteiger partial charge in [-0.05, 0) is 36.8 Å². The largest absolute Gasteiger partial charge is 0.395 e. The fraction of sp³-hybridized carbons (Fsp3) is 0.278. The number of fused-ring (bicyclic) bond motifs is 2. The number of nitrogens with zero attached hydrogens (tertiary/aromatic N) is 4. The van der Waals surface area contributed by atoms with Gasteiger partial charge in [-0.2, -0.15) is 0 Å². The highest BCUT2D eigenvalue weighted by atomic mass is 16.3. The van der Waals surface area contributed by atoms with Crippen molar-refractivity contribution in [1.82, 2.24) is 14.5 Å². The number of benzene rings is 1. The third kappa shape index (κ3) is 2.03. The zero-order valence-corrected chi connectivity index (χ0v) is 13.6. The van der Waals surface area contributed by atoms with Crippen molar-refractivity contribution in [3.63, 3.8) is 0 Å². The van der Waals surface area contributed by atoms with E-state index in [1.807, 2.05) is 42.8 Å². The Labute approximate surface area is 139 Å². The maximum Gasteiger partial charge on any atom is 0.234 e. The molecule has 0 radical (unpaired) electrons. The van der Waals surface area contributed by atoms with Crippen LogP contribution in [0.5, 0.6) is 0 Å². The second kappa shape index (κ2) is 5.42. The molecular formula is C18H18N4O2. The standard InChI is InChI=1S/C18H18N4O2/c1-11-13-9-16-14(10-15(13)22(7-8-23)18(11)24)20-17(21(16)2)12-3-5-19-6-4-12/h3-6,9-11,23H,7-8H2,1-2H3. The number of rotatable bonds is 3. The highest BCUT2D eigenvalue weighted by Gasteiger charge is 2.34. The molecule has 1 amide bonds. The van der Waals surface area contributed by atoms with E-state index < -0.39 is 0 Å². The van der Waals surface area contributed by atoms with Crippen molar-refractivity contribution >= 4 is 22.6 Å². The predicted octanol–water partition coefficient (Wildman–Crippen LogP) is 2.08. The van der Waals surface area contributed by atoms with Crippen molar-refractivity contribution in [2.75, 3.05) is 18.1 Å². The minimum Gasteiger partial charge on any atom is -0.395 e. The van der Waals surface area contributed by atoms with Crippen LogP contribution >= 0.6 is 0 Å². The number of hydrogen-bond donors (Lipinski definition) is 1. The molecule has 6 heteroatoms. The van der Waals surface area contributed by atoms with Crippen LogP contribution in [0.4, 0.5) is 5.69 Å². The lowest BCUT2D eigenvalue weighted by Crippen LogP contribution is -2.30. The number of anilines is 1. The van der Waals surface area contributed by atoms with Crippen molar-refractivity contribution in [2.45, 2.75) is 12.8 Å². The lowest BCUT2D eigenvalue weighted by Gasteiger charge is -2.15. The topological polar surface area (TPSA) is 71.2 Å². The van der Waals surface area contributed by atoms with Crippen LogP contribution in [0.2, 0.25) is 0 Å². The van der Waals surface area contributed by atoms with Gasteiger partial charge in [0.25, 0.3) is 0 Å². The second-order valence-electron chi connectivity index (χ2n) is 6.07. The summed E-state index contributed by atoms with van der Waals surface area (Å²) < 4.78 is 2.04. The predicted molar refractivity (Wildman–Crippen MR) is 91.8 cm³/mol. The maximum absolute atomic E-state index is 12.4. The first kappa shape index (κ1) is 14.8. The number of carbonyl (C=O) groups excluding carboxylic acids is 1. The van der Waals surface area contributed by atoms with Gasteiger partial charge >= 0.3 is 0 Å². The second-order valence-corrected chi connectivity index (χ2v) is 6.07. The van der Waals surface area contributed by atoms with E-state index in [9.17, 15) is 9.90 Å². The summed E-state index contributed by atoms with van der Waals surface area (Å²) in [5.74, 6) is 0.697. The van der Waals surface area contributed by atoms with Gasteiger partial charge in [0.05, 0.1) is 29.2 Å². The number of aliphatic hydroxyl groups excluding tert-OH is 1. The highest BCUT2D eigenvalue weighted by Crippen LogP contribution is 2.40. The summed E-state index contributed by atoms with van der Waals surface area (Å²) in [6.45, 7) is 2.16. The first-order valence-electron chi connectivity index (χ1n) is 7.95. The molecule has 0 saturated heterocycles. The fourth-order valence-electron chi connectivity index (χ4n) is 3.40. The van der Waals surface area contributed by atoms with Crippen LogP contribution in [0.1, 0.15) is 18.4 Å². The van der Waals surface area contributed by atoms with E-state index in [4.69, 9.17) is 4.98 Å². The number of pyridine rings is 1. The number of amides is 1. The summed E-state index contributed by atoms with van der Waals surface area (Å²) in [5.41, 5.74) is 4.68. The van der Waals surface area contributed by atoms with Crippen molar-refractivity contribution in [1.29, 1.82) is 0 Å². The summed E-state index contributed by atoms with van der Waals surface area (Å²) >= 11 is 0. The molecule has 1 aliphatic heterocycles. The summed E-state index contributed by atoms with van der Waals surface area (Å²) in [5, 5.41) is 9.25. The van der Waals surface area contributed by atoms with Crippen molar-refractivity contribution in [2.24, 2.45) is 7.05 Å². The normalized spacial score (nSPS) is 16.9. The van der Waals surface area contributed by atoms with Gasteiger partial charge in [0, 0.05) is 31.5 Å². The van der Waals surface area contributed by atoms with Gasteiger partial charge < -0.3 is 14.6 Å². The first-order valence-corrected chi connectivity index (χ1v) is 7.95. The van der Waals surface area contributed by atoms with Gasteiger partial charge in [0.2, 0.25) is 5.91 Å². The van der Waals surface area contributed by atoms with E-state index in [1.54, 1.807) is 17.3 Å². The first-order chi connectivity index (χ1) is 11.6. The molecule has 3 heterocycles. The molecule has 24 heavy (non-hydrogen) atoms. The van der Waals surface area contributed by atoms with Crippen LogP contribution < -0.4 is 4.90 Å². The number of carbonyl (C=O) groups is 1. The Morgan fingerprint density at radius 1 is 1.25 bits per heavy atom. The van der Waals surface area contributed by atoms with E-state index in [-0.39, 0.29) is 18.4 Å². The van der Waals surface area contributed by atoms with Gasteiger partial charge in [-0.3, -0.25) is 9.78 Å². The van der Waals surface area contributed by atoms with E-state index in [0.717, 1.165) is 33.7 Å². The zero-order chi connectivity index (χ0) is 16.8. The van der Waals surface area contributed by atoms with E-state index in [1.165, 1.54) is 0 Å². The minimum atomic E-state index is -0.199. The van der Waals surface area contributed by atoms with E-state index in [0.29, 0.717) is 6.54 Å². The molecule has 3 aromatic rings. The molecule has 0 aliphatic carbocycles. The molecule has 2 aromatic heterocycles. The summed E-state index contributed by atoms with van der Waals surface area (Å²) in [6, 6.07) is 7.85. The van der Waals surface area contributed by atoms with Gasteiger partial charge in [0.1, 0.15) is 5.82 Å². The van der Waals surface area contributed by atoms with Crippen LogP contribution in [-0.4, -0.2) is 38.7 Å². The van der Waals surface area contributed by atoms with Gasteiger partial charge in [0.15, 0.2) is 0 Å². The molecular weight excluding hydrogens is 304 g/mol.